The lowest BCUT2D eigenvalue weighted by Crippen LogP contribution is -2.41. The summed E-state index contributed by atoms with van der Waals surface area (Å²) >= 11 is 1.99. The summed E-state index contributed by atoms with van der Waals surface area (Å²) in [5.41, 5.74) is 26.7. The van der Waals surface area contributed by atoms with Crippen molar-refractivity contribution in [3.05, 3.63) is 147 Å². The molecule has 3 aromatic heterocycles. The second kappa shape index (κ2) is 17.0. The van der Waals surface area contributed by atoms with E-state index in [0.29, 0.717) is 0 Å². The van der Waals surface area contributed by atoms with E-state index in [0.717, 1.165) is 94.1 Å². The fraction of sp³-hybridized carbons (Fsp3) is 0.429. The van der Waals surface area contributed by atoms with Crippen LogP contribution in [0.1, 0.15) is 212 Å². The van der Waals surface area contributed by atoms with Gasteiger partial charge in [-0.2, -0.15) is 0 Å². The van der Waals surface area contributed by atoms with Gasteiger partial charge >= 0.3 is 0 Å². The molecule has 4 aliphatic carbocycles. The molecule has 0 radical (unpaired) electrons. The minimum atomic E-state index is 0.00444. The summed E-state index contributed by atoms with van der Waals surface area (Å²) in [4.78, 5) is 2.70. The summed E-state index contributed by atoms with van der Waals surface area (Å²) in [7, 11) is 0.740. The van der Waals surface area contributed by atoms with Gasteiger partial charge in [0.1, 0.15) is 16.7 Å². The van der Waals surface area contributed by atoms with Gasteiger partial charge in [0.2, 0.25) is 7.28 Å². The highest BCUT2D eigenvalue weighted by molar-refractivity contribution is 7.25. The first kappa shape index (κ1) is 53.5. The van der Waals surface area contributed by atoms with Crippen LogP contribution in [0.2, 0.25) is 0 Å². The average Bonchev–Trinajstić information content (AvgIpc) is 2.25. The van der Waals surface area contributed by atoms with Crippen LogP contribution >= 0.6 is 11.3 Å². The third-order valence-electron chi connectivity index (χ3n) is 22.7. The van der Waals surface area contributed by atoms with E-state index in [4.69, 9.17) is 8.83 Å². The van der Waals surface area contributed by atoms with Gasteiger partial charge in [-0.15, -0.1) is 11.3 Å². The van der Waals surface area contributed by atoms with Crippen LogP contribution < -0.4 is 21.1 Å². The number of fused-ring (bicyclic) bond motifs is 15. The maximum atomic E-state index is 7.66. The van der Waals surface area contributed by atoms with Gasteiger partial charge in [0.15, 0.2) is 5.58 Å². The molecule has 424 valence electrons. The summed E-state index contributed by atoms with van der Waals surface area (Å²) < 4.78 is 16.4. The minimum absolute atomic E-state index is 0.00444. The van der Waals surface area contributed by atoms with Crippen LogP contribution in [-0.4, -0.2) is 7.28 Å². The molecule has 0 unspecified atom stereocenters. The first-order chi connectivity index (χ1) is 38.9. The van der Waals surface area contributed by atoms with E-state index in [1.165, 1.54) is 118 Å². The number of hydrogen-bond acceptors (Lipinski definition) is 5. The maximum Gasteiger partial charge on any atom is 0.200 e. The molecule has 0 saturated heterocycles. The van der Waals surface area contributed by atoms with Crippen LogP contribution in [0, 0.1) is 6.92 Å². The molecule has 10 aromatic rings. The van der Waals surface area contributed by atoms with E-state index in [-0.39, 0.29) is 43.3 Å². The Morgan fingerprint density at radius 2 is 0.952 bits per heavy atom. The highest BCUT2D eigenvalue weighted by atomic mass is 32.1. The number of thiophene rings is 1. The fourth-order valence-electron chi connectivity index (χ4n) is 16.6. The molecule has 1 aliphatic heterocycles. The second-order valence-corrected chi connectivity index (χ2v) is 33.1. The lowest BCUT2D eigenvalue weighted by molar-refractivity contribution is 0.332. The summed E-state index contributed by atoms with van der Waals surface area (Å²) in [5.74, 6) is 0. The third kappa shape index (κ3) is 7.74. The molecule has 0 amide bonds. The van der Waals surface area contributed by atoms with E-state index in [2.05, 4.69) is 225 Å². The Hall–Kier alpha value is -6.24. The van der Waals surface area contributed by atoms with Crippen molar-refractivity contribution < 1.29 is 8.83 Å². The zero-order valence-electron chi connectivity index (χ0n) is 52.8. The molecular weight excluding hydrogens is 1030 g/mol. The van der Waals surface area contributed by atoms with Crippen LogP contribution in [0.5, 0.6) is 0 Å². The van der Waals surface area contributed by atoms with Crippen LogP contribution in [0.4, 0.5) is 27.8 Å². The van der Waals surface area contributed by atoms with Crippen molar-refractivity contribution in [1.82, 2.24) is 0 Å². The molecule has 5 aliphatic rings. The fourth-order valence-corrected chi connectivity index (χ4v) is 17.9. The molecule has 0 fully saturated rings. The third-order valence-corrected chi connectivity index (χ3v) is 23.9. The molecule has 4 heterocycles. The quantitative estimate of drug-likeness (QED) is 0.178. The van der Waals surface area contributed by atoms with Crippen molar-refractivity contribution in [3.63, 3.8) is 0 Å². The largest absolute Gasteiger partial charge is 0.455 e. The zero-order chi connectivity index (χ0) is 58.2. The van der Waals surface area contributed by atoms with E-state index in [1.54, 1.807) is 0 Å². The standard InChI is InChI=1S/C77H85BN2O2S/c1-42-34-51-55(75(12,13)31-28-71(51,4)5)39-59(42)80-66-64(78-65-48-38-54-57(41-62(48)83-69(65)80)77(16,17)33-30-74(54,10)11)49(36-47-44-20-18-19-21-60(44)81-68(47)66)63-58(79-43-22-24-50-52(35-43)72(6,7)27-26-70(50,2)3)25-23-45-46-37-53-56(40-61(46)82-67(45)63)76(14,15)32-29-73(53,8)9/h18-25,34-41,78-79H,26-33H2,1-17H3. The number of hydrogen-bond donors (Lipinski definition) is 1. The first-order valence-corrected chi connectivity index (χ1v) is 32.3. The molecular formula is C77H85BN2O2S. The normalized spacial score (nSPS) is 20.8. The maximum absolute atomic E-state index is 7.66. The average molecular weight is 1110 g/mol. The lowest BCUT2D eigenvalue weighted by atomic mass is 9.57. The Morgan fingerprint density at radius 1 is 0.434 bits per heavy atom. The molecule has 15 rings (SSSR count). The molecule has 4 nitrogen and oxygen atoms in total. The molecule has 0 saturated carbocycles. The molecule has 0 atom stereocenters. The predicted molar refractivity (Wildman–Crippen MR) is 359 cm³/mol. The van der Waals surface area contributed by atoms with Crippen LogP contribution in [-0.2, 0) is 43.3 Å². The SMILES string of the molecule is Cc1cc2c(cc1N1c3sc4cc5c(cc4c3Bc3c(-c4c(Nc6ccc7c(c6)C(C)(C)CCC7(C)C)ccc6c4oc4cc7c(cc46)C(C)(C)CCC7(C)C)cc4c(oc6ccccc64)c31)C(C)(C)CCC5(C)C)C(C)(C)CCC2(C)C. The number of aryl methyl sites for hydroxylation is 1. The second-order valence-electron chi connectivity index (χ2n) is 32.0. The first-order valence-electron chi connectivity index (χ1n) is 31.4. The molecule has 6 heteroatoms. The van der Waals surface area contributed by atoms with Crippen molar-refractivity contribution in [3.8, 4) is 11.1 Å². The van der Waals surface area contributed by atoms with Gasteiger partial charge in [0.25, 0.3) is 0 Å². The van der Waals surface area contributed by atoms with Crippen molar-refractivity contribution in [1.29, 1.82) is 0 Å². The Morgan fingerprint density at radius 3 is 1.58 bits per heavy atom. The van der Waals surface area contributed by atoms with Gasteiger partial charge in [-0.25, -0.2) is 0 Å². The van der Waals surface area contributed by atoms with Gasteiger partial charge in [-0.05, 0) is 240 Å². The molecule has 7 aromatic carbocycles. The number of nitrogens with zero attached hydrogens (tertiary/aromatic N) is 1. The highest BCUT2D eigenvalue weighted by Crippen LogP contribution is 2.57. The van der Waals surface area contributed by atoms with Crippen molar-refractivity contribution in [2.75, 3.05) is 10.2 Å². The summed E-state index contributed by atoms with van der Waals surface area (Å²) in [5, 5.41) is 11.5. The van der Waals surface area contributed by atoms with Gasteiger partial charge in [0.05, 0.1) is 22.1 Å². The zero-order valence-corrected chi connectivity index (χ0v) is 53.6. The number of furan rings is 2. The van der Waals surface area contributed by atoms with Gasteiger partial charge < -0.3 is 14.2 Å². The van der Waals surface area contributed by atoms with E-state index in [9.17, 15) is 0 Å². The Bertz CT molecular complexity index is 4480. The van der Waals surface area contributed by atoms with Crippen LogP contribution in [0.3, 0.4) is 0 Å². The van der Waals surface area contributed by atoms with Crippen LogP contribution in [0.15, 0.2) is 106 Å². The smallest absolute Gasteiger partial charge is 0.200 e. The molecule has 83 heavy (non-hydrogen) atoms. The number of para-hydroxylation sites is 1. The Balaban J connectivity index is 1.08. The summed E-state index contributed by atoms with van der Waals surface area (Å²) in [6, 6.07) is 38.6. The van der Waals surface area contributed by atoms with Gasteiger partial charge in [-0.3, -0.25) is 4.90 Å². The lowest BCUT2D eigenvalue weighted by Gasteiger charge is -2.43. The van der Waals surface area contributed by atoms with E-state index < -0.39 is 0 Å². The van der Waals surface area contributed by atoms with Gasteiger partial charge in [0, 0.05) is 37.5 Å². The number of benzene rings is 7. The Kier molecular flexibility index (Phi) is 11.0. The van der Waals surface area contributed by atoms with Crippen molar-refractivity contribution in [2.45, 2.75) is 212 Å². The topological polar surface area (TPSA) is 41.5 Å². The van der Waals surface area contributed by atoms with Crippen LogP contribution in [0.25, 0.3) is 65.1 Å². The molecule has 0 spiro atoms. The summed E-state index contributed by atoms with van der Waals surface area (Å²) in [6.45, 7) is 41.6. The highest BCUT2D eigenvalue weighted by Gasteiger charge is 2.44. The van der Waals surface area contributed by atoms with E-state index in [1.807, 2.05) is 11.3 Å². The summed E-state index contributed by atoms with van der Waals surface area (Å²) in [6.07, 6.45) is 9.29. The number of anilines is 5. The number of nitrogens with one attached hydrogen (secondary N) is 1. The predicted octanol–water partition coefficient (Wildman–Crippen LogP) is 21.0. The molecule has 0 bridgehead atoms. The minimum Gasteiger partial charge on any atom is -0.455 e. The number of rotatable bonds is 4. The molecule has 1 N–H and O–H groups in total. The monoisotopic (exact) mass is 1110 g/mol. The van der Waals surface area contributed by atoms with Crippen molar-refractivity contribution in [2.24, 2.45) is 0 Å². The van der Waals surface area contributed by atoms with E-state index >= 15 is 0 Å². The van der Waals surface area contributed by atoms with Crippen molar-refractivity contribution >= 4 is 111 Å². The van der Waals surface area contributed by atoms with Gasteiger partial charge in [-0.1, -0.05) is 141 Å². The Labute approximate surface area is 498 Å².